The van der Waals surface area contributed by atoms with Crippen LogP contribution in [0.3, 0.4) is 0 Å². The van der Waals surface area contributed by atoms with Gasteiger partial charge in [0, 0.05) is 67.7 Å². The number of amides is 1. The number of anilines is 1. The lowest BCUT2D eigenvalue weighted by molar-refractivity contribution is -0.126. The second-order valence-corrected chi connectivity index (χ2v) is 8.82. The van der Waals surface area contributed by atoms with E-state index in [0.717, 1.165) is 35.6 Å². The molecule has 1 aliphatic rings. The van der Waals surface area contributed by atoms with E-state index < -0.39 is 0 Å². The lowest BCUT2D eigenvalue weighted by Gasteiger charge is -2.36. The van der Waals surface area contributed by atoms with Crippen molar-refractivity contribution >= 4 is 17.7 Å². The molecule has 0 aliphatic carbocycles. The fourth-order valence-corrected chi connectivity index (χ4v) is 4.46. The molecule has 5 rings (SSSR count). The molecule has 0 atom stereocenters. The number of aromatic nitrogens is 3. The number of hydrogen-bond acceptors (Lipinski definition) is 4. The van der Waals surface area contributed by atoms with Gasteiger partial charge in [0.05, 0.1) is 5.69 Å². The molecular weight excluding hydrogens is 434 g/mol. The molecule has 0 radical (unpaired) electrons. The fourth-order valence-electron chi connectivity index (χ4n) is 4.46. The Bertz CT molecular complexity index is 1340. The molecule has 6 nitrogen and oxygen atoms in total. The number of rotatable bonds is 5. The zero-order valence-corrected chi connectivity index (χ0v) is 20.1. The van der Waals surface area contributed by atoms with Crippen molar-refractivity contribution in [3.05, 3.63) is 102 Å². The van der Waals surface area contributed by atoms with E-state index in [1.165, 1.54) is 16.8 Å². The molecule has 0 saturated carbocycles. The lowest BCUT2D eigenvalue weighted by Crippen LogP contribution is -2.48. The standard InChI is InChI=1S/C29H29N5O/c1-22-8-6-12-27(23(22)2)32-16-18-33(19-17-32)28(35)14-13-25-21-34(26-10-4-3-5-11-26)31-29(25)24-9-7-15-30-20-24/h3-15,20-21H,16-19H2,1-2H3. The number of aryl methyl sites for hydroxylation is 1. The third-order valence-corrected chi connectivity index (χ3v) is 6.61. The summed E-state index contributed by atoms with van der Waals surface area (Å²) in [4.78, 5) is 21.6. The van der Waals surface area contributed by atoms with Gasteiger partial charge in [-0.2, -0.15) is 5.10 Å². The molecule has 176 valence electrons. The second kappa shape index (κ2) is 9.97. The summed E-state index contributed by atoms with van der Waals surface area (Å²) in [6.07, 6.45) is 9.03. The molecule has 0 spiro atoms. The Kier molecular flexibility index (Phi) is 6.44. The van der Waals surface area contributed by atoms with Gasteiger partial charge in [0.1, 0.15) is 5.69 Å². The molecule has 0 bridgehead atoms. The maximum atomic E-state index is 13.0. The zero-order valence-electron chi connectivity index (χ0n) is 20.1. The van der Waals surface area contributed by atoms with Crippen molar-refractivity contribution in [2.24, 2.45) is 0 Å². The van der Waals surface area contributed by atoms with Crippen LogP contribution in [0.15, 0.2) is 85.3 Å². The Morgan fingerprint density at radius 3 is 2.46 bits per heavy atom. The quantitative estimate of drug-likeness (QED) is 0.395. The van der Waals surface area contributed by atoms with Crippen LogP contribution in [0.5, 0.6) is 0 Å². The summed E-state index contributed by atoms with van der Waals surface area (Å²) in [7, 11) is 0. The minimum atomic E-state index is 0.0233. The largest absolute Gasteiger partial charge is 0.368 e. The van der Waals surface area contributed by atoms with Crippen LogP contribution in [0, 0.1) is 13.8 Å². The minimum absolute atomic E-state index is 0.0233. The molecule has 1 saturated heterocycles. The summed E-state index contributed by atoms with van der Waals surface area (Å²) >= 11 is 0. The molecule has 0 N–H and O–H groups in total. The highest BCUT2D eigenvalue weighted by atomic mass is 16.2. The van der Waals surface area contributed by atoms with Gasteiger partial charge in [-0.1, -0.05) is 30.3 Å². The summed E-state index contributed by atoms with van der Waals surface area (Å²) in [5.74, 6) is 0.0233. The third-order valence-electron chi connectivity index (χ3n) is 6.61. The van der Waals surface area contributed by atoms with Crippen molar-refractivity contribution in [1.29, 1.82) is 0 Å². The summed E-state index contributed by atoms with van der Waals surface area (Å²) in [5.41, 5.74) is 7.43. The molecule has 2 aromatic carbocycles. The van der Waals surface area contributed by atoms with Gasteiger partial charge in [0.25, 0.3) is 0 Å². The first-order valence-electron chi connectivity index (χ1n) is 11.9. The van der Waals surface area contributed by atoms with Crippen molar-refractivity contribution in [3.63, 3.8) is 0 Å². The predicted octanol–water partition coefficient (Wildman–Crippen LogP) is 4.91. The number of pyridine rings is 1. The van der Waals surface area contributed by atoms with Crippen LogP contribution in [-0.4, -0.2) is 51.8 Å². The molecule has 1 aliphatic heterocycles. The summed E-state index contributed by atoms with van der Waals surface area (Å²) in [6.45, 7) is 7.38. The van der Waals surface area contributed by atoms with E-state index in [9.17, 15) is 4.79 Å². The number of para-hydroxylation sites is 1. The first-order valence-corrected chi connectivity index (χ1v) is 11.9. The second-order valence-electron chi connectivity index (χ2n) is 8.82. The molecule has 6 heteroatoms. The fraction of sp³-hybridized carbons (Fsp3) is 0.207. The molecule has 1 fully saturated rings. The van der Waals surface area contributed by atoms with Crippen LogP contribution in [0.25, 0.3) is 23.0 Å². The summed E-state index contributed by atoms with van der Waals surface area (Å²) < 4.78 is 1.84. The van der Waals surface area contributed by atoms with Gasteiger partial charge in [-0.3, -0.25) is 9.78 Å². The van der Waals surface area contributed by atoms with E-state index in [1.54, 1.807) is 18.5 Å². The highest BCUT2D eigenvalue weighted by molar-refractivity contribution is 5.93. The summed E-state index contributed by atoms with van der Waals surface area (Å²) in [6, 6.07) is 20.3. The average Bonchev–Trinajstić information content (AvgIpc) is 3.34. The predicted molar refractivity (Wildman–Crippen MR) is 141 cm³/mol. The van der Waals surface area contributed by atoms with Crippen LogP contribution in [0.1, 0.15) is 16.7 Å². The highest BCUT2D eigenvalue weighted by Crippen LogP contribution is 2.25. The zero-order chi connectivity index (χ0) is 24.2. The van der Waals surface area contributed by atoms with Crippen molar-refractivity contribution in [3.8, 4) is 16.9 Å². The van der Waals surface area contributed by atoms with Gasteiger partial charge in [0.15, 0.2) is 0 Å². The number of hydrogen-bond donors (Lipinski definition) is 0. The summed E-state index contributed by atoms with van der Waals surface area (Å²) in [5, 5.41) is 4.79. The highest BCUT2D eigenvalue weighted by Gasteiger charge is 2.21. The topological polar surface area (TPSA) is 54.3 Å². The van der Waals surface area contributed by atoms with Crippen LogP contribution in [0.4, 0.5) is 5.69 Å². The first-order chi connectivity index (χ1) is 17.1. The minimum Gasteiger partial charge on any atom is -0.368 e. The monoisotopic (exact) mass is 463 g/mol. The van der Waals surface area contributed by atoms with E-state index in [2.05, 4.69) is 41.9 Å². The van der Waals surface area contributed by atoms with Gasteiger partial charge < -0.3 is 9.80 Å². The van der Waals surface area contributed by atoms with Gasteiger partial charge >= 0.3 is 0 Å². The first kappa shape index (κ1) is 22.6. The van der Waals surface area contributed by atoms with E-state index in [1.807, 2.05) is 64.3 Å². The van der Waals surface area contributed by atoms with Gasteiger partial charge in [0.2, 0.25) is 5.91 Å². The molecule has 4 aromatic rings. The van der Waals surface area contributed by atoms with E-state index in [-0.39, 0.29) is 5.91 Å². The Morgan fingerprint density at radius 2 is 1.71 bits per heavy atom. The maximum Gasteiger partial charge on any atom is 0.246 e. The van der Waals surface area contributed by atoms with Crippen LogP contribution < -0.4 is 4.90 Å². The number of benzene rings is 2. The molecule has 0 unspecified atom stereocenters. The Morgan fingerprint density at radius 1 is 0.914 bits per heavy atom. The molecule has 1 amide bonds. The molecular formula is C29H29N5O. The Labute approximate surface area is 206 Å². The number of carbonyl (C=O) groups excluding carboxylic acids is 1. The SMILES string of the molecule is Cc1cccc(N2CCN(C(=O)C=Cc3cn(-c4ccccc4)nc3-c3cccnc3)CC2)c1C. The van der Waals surface area contributed by atoms with E-state index >= 15 is 0 Å². The van der Waals surface area contributed by atoms with Crippen molar-refractivity contribution in [1.82, 2.24) is 19.7 Å². The van der Waals surface area contributed by atoms with Crippen LogP contribution >= 0.6 is 0 Å². The Balaban J connectivity index is 1.33. The van der Waals surface area contributed by atoms with Crippen molar-refractivity contribution < 1.29 is 4.79 Å². The lowest BCUT2D eigenvalue weighted by atomic mass is 10.1. The third kappa shape index (κ3) is 4.87. The number of piperazine rings is 1. The average molecular weight is 464 g/mol. The normalized spacial score (nSPS) is 14.0. The van der Waals surface area contributed by atoms with Gasteiger partial charge in [-0.25, -0.2) is 4.68 Å². The number of carbonyl (C=O) groups is 1. The van der Waals surface area contributed by atoms with Gasteiger partial charge in [-0.05, 0) is 61.4 Å². The molecule has 2 aromatic heterocycles. The van der Waals surface area contributed by atoms with Crippen molar-refractivity contribution in [2.75, 3.05) is 31.1 Å². The van der Waals surface area contributed by atoms with E-state index in [0.29, 0.717) is 13.1 Å². The molecule has 35 heavy (non-hydrogen) atoms. The van der Waals surface area contributed by atoms with Gasteiger partial charge in [-0.15, -0.1) is 0 Å². The molecule has 3 heterocycles. The number of nitrogens with zero attached hydrogens (tertiary/aromatic N) is 5. The van der Waals surface area contributed by atoms with Crippen LogP contribution in [0.2, 0.25) is 0 Å². The smallest absolute Gasteiger partial charge is 0.246 e. The van der Waals surface area contributed by atoms with Crippen molar-refractivity contribution in [2.45, 2.75) is 13.8 Å². The maximum absolute atomic E-state index is 13.0. The van der Waals surface area contributed by atoms with E-state index in [4.69, 9.17) is 5.10 Å². The Hall–Kier alpha value is -4.19. The van der Waals surface area contributed by atoms with Crippen LogP contribution in [-0.2, 0) is 4.79 Å².